The third-order valence-electron chi connectivity index (χ3n) is 5.48. The lowest BCUT2D eigenvalue weighted by Crippen LogP contribution is -2.24. The average molecular weight is 413 g/mol. The van der Waals surface area contributed by atoms with Gasteiger partial charge in [-0.15, -0.1) is 0 Å². The van der Waals surface area contributed by atoms with E-state index in [9.17, 15) is 4.79 Å². The van der Waals surface area contributed by atoms with E-state index in [1.54, 1.807) is 6.20 Å². The van der Waals surface area contributed by atoms with Crippen LogP contribution in [-0.2, 0) is 0 Å². The molecule has 5 nitrogen and oxygen atoms in total. The van der Waals surface area contributed by atoms with Crippen molar-refractivity contribution < 1.29 is 4.79 Å². The summed E-state index contributed by atoms with van der Waals surface area (Å²) in [5.41, 5.74) is 5.08. The Kier molecular flexibility index (Phi) is 6.72. The highest BCUT2D eigenvalue weighted by molar-refractivity contribution is 5.95. The van der Waals surface area contributed by atoms with E-state index in [0.717, 1.165) is 17.7 Å². The third kappa shape index (κ3) is 5.79. The highest BCUT2D eigenvalue weighted by Gasteiger charge is 2.09. The van der Waals surface area contributed by atoms with Gasteiger partial charge in [0, 0.05) is 29.6 Å². The molecule has 0 unspecified atom stereocenters. The summed E-state index contributed by atoms with van der Waals surface area (Å²) in [7, 11) is 0. The average Bonchev–Trinajstić information content (AvgIpc) is 2.80. The van der Waals surface area contributed by atoms with E-state index in [1.807, 2.05) is 54.6 Å². The fraction of sp³-hybridized carbons (Fsp3) is 0.269. The normalized spacial score (nSPS) is 13.4. The molecule has 0 fully saturated rings. The summed E-state index contributed by atoms with van der Waals surface area (Å²) < 4.78 is 0. The molecule has 0 spiro atoms. The lowest BCUT2D eigenvalue weighted by molar-refractivity contribution is 0.0954. The van der Waals surface area contributed by atoms with Crippen LogP contribution in [0.15, 0.2) is 72.4 Å². The predicted octanol–water partition coefficient (Wildman–Crippen LogP) is 5.82. The molecule has 1 aromatic heterocycles. The van der Waals surface area contributed by atoms with Gasteiger partial charge in [-0.25, -0.2) is 9.97 Å². The highest BCUT2D eigenvalue weighted by Crippen LogP contribution is 2.21. The SMILES string of the molecule is Cc1ccc(-c2nccc(Nc3cccc(C(=O)NCCC4=CCCCC4)c3)n2)cc1. The number of nitrogens with one attached hydrogen (secondary N) is 2. The standard InChI is InChI=1S/C26H28N4O/c1-19-10-12-21(13-11-19)25-27-17-15-24(30-25)29-23-9-5-8-22(18-23)26(31)28-16-14-20-6-3-2-4-7-20/h5-6,8-13,15,17-18H,2-4,7,14,16H2,1H3,(H,28,31)(H,27,29,30). The Labute approximate surface area is 183 Å². The molecular formula is C26H28N4O. The Hall–Kier alpha value is -3.47. The Morgan fingerprint density at radius 3 is 2.74 bits per heavy atom. The first-order valence-electron chi connectivity index (χ1n) is 10.9. The molecule has 31 heavy (non-hydrogen) atoms. The number of benzene rings is 2. The summed E-state index contributed by atoms with van der Waals surface area (Å²) in [6, 6.07) is 17.4. The summed E-state index contributed by atoms with van der Waals surface area (Å²) in [6.45, 7) is 2.73. The molecule has 2 aromatic carbocycles. The van der Waals surface area contributed by atoms with Gasteiger partial charge in [0.15, 0.2) is 5.82 Å². The Morgan fingerprint density at radius 2 is 1.94 bits per heavy atom. The topological polar surface area (TPSA) is 66.9 Å². The second-order valence-corrected chi connectivity index (χ2v) is 7.95. The summed E-state index contributed by atoms with van der Waals surface area (Å²) in [5.74, 6) is 1.30. The second kappa shape index (κ2) is 10.0. The van der Waals surface area contributed by atoms with Crippen molar-refractivity contribution in [3.8, 4) is 11.4 Å². The van der Waals surface area contributed by atoms with Gasteiger partial charge in [0.2, 0.25) is 0 Å². The van der Waals surface area contributed by atoms with E-state index in [4.69, 9.17) is 0 Å². The number of anilines is 2. The monoisotopic (exact) mass is 412 g/mol. The van der Waals surface area contributed by atoms with Crippen LogP contribution in [0.4, 0.5) is 11.5 Å². The maximum absolute atomic E-state index is 12.6. The van der Waals surface area contributed by atoms with Crippen molar-refractivity contribution in [2.75, 3.05) is 11.9 Å². The van der Waals surface area contributed by atoms with Gasteiger partial charge in [0.05, 0.1) is 0 Å². The van der Waals surface area contributed by atoms with Crippen molar-refractivity contribution in [3.05, 3.63) is 83.6 Å². The molecule has 0 aliphatic heterocycles. The van der Waals surface area contributed by atoms with Crippen LogP contribution in [0.1, 0.15) is 48.0 Å². The number of aromatic nitrogens is 2. The number of aryl methyl sites for hydroxylation is 1. The smallest absolute Gasteiger partial charge is 0.251 e. The minimum atomic E-state index is -0.0527. The lowest BCUT2D eigenvalue weighted by Gasteiger charge is -2.13. The highest BCUT2D eigenvalue weighted by atomic mass is 16.1. The van der Waals surface area contributed by atoms with Gasteiger partial charge in [0.25, 0.3) is 5.91 Å². The molecule has 5 heteroatoms. The molecule has 0 saturated carbocycles. The number of amides is 1. The van der Waals surface area contributed by atoms with E-state index in [0.29, 0.717) is 23.8 Å². The van der Waals surface area contributed by atoms with E-state index in [1.165, 1.54) is 36.8 Å². The van der Waals surface area contributed by atoms with Gasteiger partial charge in [-0.1, -0.05) is 47.5 Å². The van der Waals surface area contributed by atoms with E-state index < -0.39 is 0 Å². The molecule has 1 heterocycles. The molecule has 0 radical (unpaired) electrons. The van der Waals surface area contributed by atoms with Gasteiger partial charge >= 0.3 is 0 Å². The van der Waals surface area contributed by atoms with Crippen LogP contribution in [0.5, 0.6) is 0 Å². The predicted molar refractivity (Wildman–Crippen MR) is 125 cm³/mol. The van der Waals surface area contributed by atoms with Crippen LogP contribution >= 0.6 is 0 Å². The molecular weight excluding hydrogens is 384 g/mol. The Morgan fingerprint density at radius 1 is 1.06 bits per heavy atom. The minimum Gasteiger partial charge on any atom is -0.352 e. The number of hydrogen-bond donors (Lipinski definition) is 2. The molecule has 3 aromatic rings. The van der Waals surface area contributed by atoms with Gasteiger partial charge in [-0.2, -0.15) is 0 Å². The first kappa shape index (κ1) is 20.8. The fourth-order valence-corrected chi connectivity index (χ4v) is 3.73. The third-order valence-corrected chi connectivity index (χ3v) is 5.48. The van der Waals surface area contributed by atoms with E-state index in [-0.39, 0.29) is 5.91 Å². The number of allylic oxidation sites excluding steroid dienone is 1. The number of rotatable bonds is 7. The van der Waals surface area contributed by atoms with Crippen molar-refractivity contribution in [2.24, 2.45) is 0 Å². The molecule has 158 valence electrons. The molecule has 1 aliphatic carbocycles. The van der Waals surface area contributed by atoms with Crippen molar-refractivity contribution in [2.45, 2.75) is 39.0 Å². The zero-order valence-electron chi connectivity index (χ0n) is 17.9. The lowest BCUT2D eigenvalue weighted by atomic mass is 9.97. The largest absolute Gasteiger partial charge is 0.352 e. The summed E-state index contributed by atoms with van der Waals surface area (Å²) >= 11 is 0. The minimum absolute atomic E-state index is 0.0527. The molecule has 2 N–H and O–H groups in total. The molecule has 1 amide bonds. The number of carbonyl (C=O) groups excluding carboxylic acids is 1. The van der Waals surface area contributed by atoms with Crippen molar-refractivity contribution in [1.29, 1.82) is 0 Å². The quantitative estimate of drug-likeness (QED) is 0.480. The van der Waals surface area contributed by atoms with Crippen LogP contribution < -0.4 is 10.6 Å². The molecule has 0 bridgehead atoms. The first-order chi connectivity index (χ1) is 15.2. The van der Waals surface area contributed by atoms with Gasteiger partial charge in [-0.05, 0) is 63.3 Å². The van der Waals surface area contributed by atoms with Crippen LogP contribution in [-0.4, -0.2) is 22.4 Å². The number of nitrogens with zero attached hydrogens (tertiary/aromatic N) is 2. The number of hydrogen-bond acceptors (Lipinski definition) is 4. The van der Waals surface area contributed by atoms with E-state index >= 15 is 0 Å². The Balaban J connectivity index is 1.39. The van der Waals surface area contributed by atoms with E-state index in [2.05, 4.69) is 33.6 Å². The maximum Gasteiger partial charge on any atom is 0.251 e. The molecule has 0 atom stereocenters. The van der Waals surface area contributed by atoms with Crippen LogP contribution in [0.25, 0.3) is 11.4 Å². The van der Waals surface area contributed by atoms with Crippen LogP contribution in [0.3, 0.4) is 0 Å². The molecule has 0 saturated heterocycles. The zero-order valence-corrected chi connectivity index (χ0v) is 17.9. The van der Waals surface area contributed by atoms with Crippen LogP contribution in [0.2, 0.25) is 0 Å². The maximum atomic E-state index is 12.6. The van der Waals surface area contributed by atoms with Crippen molar-refractivity contribution >= 4 is 17.4 Å². The second-order valence-electron chi connectivity index (χ2n) is 7.95. The summed E-state index contributed by atoms with van der Waals surface area (Å²) in [5, 5.41) is 6.33. The summed E-state index contributed by atoms with van der Waals surface area (Å²) in [4.78, 5) is 21.6. The first-order valence-corrected chi connectivity index (χ1v) is 10.9. The van der Waals surface area contributed by atoms with Crippen molar-refractivity contribution in [3.63, 3.8) is 0 Å². The van der Waals surface area contributed by atoms with Gasteiger partial charge in [-0.3, -0.25) is 4.79 Å². The Bertz CT molecular complexity index is 1070. The number of carbonyl (C=O) groups is 1. The molecule has 1 aliphatic rings. The zero-order chi connectivity index (χ0) is 21.5. The fourth-order valence-electron chi connectivity index (χ4n) is 3.73. The van der Waals surface area contributed by atoms with Gasteiger partial charge < -0.3 is 10.6 Å². The van der Waals surface area contributed by atoms with Crippen molar-refractivity contribution in [1.82, 2.24) is 15.3 Å². The van der Waals surface area contributed by atoms with Gasteiger partial charge in [0.1, 0.15) is 5.82 Å². The van der Waals surface area contributed by atoms with Crippen LogP contribution in [0, 0.1) is 6.92 Å². The molecule has 4 rings (SSSR count). The summed E-state index contributed by atoms with van der Waals surface area (Å²) in [6.07, 6.45) is 9.89.